The standard InChI is InChI=1S/C22H28N6O6.ClH/c1-25-19-18(20(32)26(2)22(25)33)28(21(24-19)27-8-10-34-11-9-27)7-3-6-23-13-17(31)14-4-5-15(29)16(30)12-14;/h4-5,12,23,29-30H,3,6-11,13H2,1-2H3;1H. The van der Waals surface area contributed by atoms with Gasteiger partial charge in [-0.15, -0.1) is 0 Å². The summed E-state index contributed by atoms with van der Waals surface area (Å²) >= 11 is 0. The lowest BCUT2D eigenvalue weighted by atomic mass is 10.1. The van der Waals surface area contributed by atoms with Crippen LogP contribution in [0, 0.1) is 0 Å². The van der Waals surface area contributed by atoms with Gasteiger partial charge in [0.1, 0.15) is 6.54 Å². The van der Waals surface area contributed by atoms with Crippen molar-refractivity contribution in [3.63, 3.8) is 0 Å². The summed E-state index contributed by atoms with van der Waals surface area (Å²) in [6.07, 6.45) is 0.656. The fourth-order valence-corrected chi connectivity index (χ4v) is 4.09. The first kappa shape index (κ1) is 26.3. The molecule has 0 bridgehead atoms. The summed E-state index contributed by atoms with van der Waals surface area (Å²) in [4.78, 5) is 44.4. The first-order chi connectivity index (χ1) is 16.3. The first-order valence-corrected chi connectivity index (χ1v) is 11.2. The van der Waals surface area contributed by atoms with Crippen molar-refractivity contribution >= 4 is 22.9 Å². The number of aromatic hydroxyl groups is 2. The monoisotopic (exact) mass is 508 g/mol. The Hall–Kier alpha value is -3.35. The number of hydrogen-bond donors (Lipinski definition) is 3. The van der Waals surface area contributed by atoms with E-state index in [0.717, 1.165) is 4.57 Å². The molecular weight excluding hydrogens is 480 g/mol. The summed E-state index contributed by atoms with van der Waals surface area (Å²) in [5.41, 5.74) is 0.230. The number of quaternary nitrogens is 1. The average Bonchev–Trinajstić information content (AvgIpc) is 3.23. The van der Waals surface area contributed by atoms with E-state index in [9.17, 15) is 24.6 Å². The van der Waals surface area contributed by atoms with E-state index in [2.05, 4.69) is 9.88 Å². The minimum atomic E-state index is -0.428. The number of hydrogen-bond acceptors (Lipinski definition) is 8. The van der Waals surface area contributed by atoms with Gasteiger partial charge in [-0.1, -0.05) is 0 Å². The number of benzene rings is 1. The Morgan fingerprint density at radius 3 is 2.51 bits per heavy atom. The largest absolute Gasteiger partial charge is 1.00 e. The number of fused-ring (bicyclic) bond motifs is 1. The topological polar surface area (TPSA) is 148 Å². The van der Waals surface area contributed by atoms with Crippen LogP contribution in [0.5, 0.6) is 11.5 Å². The molecule has 1 aliphatic rings. The second-order valence-electron chi connectivity index (χ2n) is 8.30. The van der Waals surface area contributed by atoms with E-state index in [1.165, 1.54) is 29.8 Å². The maximum absolute atomic E-state index is 13.0. The van der Waals surface area contributed by atoms with Crippen molar-refractivity contribution < 1.29 is 37.5 Å². The molecular formula is C22H29ClN6O6. The molecule has 12 nitrogen and oxygen atoms in total. The van der Waals surface area contributed by atoms with E-state index in [1.807, 2.05) is 9.88 Å². The minimum absolute atomic E-state index is 0. The molecule has 0 atom stereocenters. The molecule has 3 aromatic rings. The molecule has 0 saturated carbocycles. The third-order valence-electron chi connectivity index (χ3n) is 6.04. The van der Waals surface area contributed by atoms with Gasteiger partial charge in [0.25, 0.3) is 5.56 Å². The Morgan fingerprint density at radius 2 is 1.83 bits per heavy atom. The molecule has 2 aromatic heterocycles. The molecule has 0 unspecified atom stereocenters. The van der Waals surface area contributed by atoms with Crippen LogP contribution >= 0.6 is 0 Å². The zero-order chi connectivity index (χ0) is 24.4. The van der Waals surface area contributed by atoms with E-state index in [0.29, 0.717) is 68.5 Å². The van der Waals surface area contributed by atoms with Crippen LogP contribution in [0.3, 0.4) is 0 Å². The van der Waals surface area contributed by atoms with Gasteiger partial charge in [0.05, 0.1) is 19.8 Å². The van der Waals surface area contributed by atoms with Crippen molar-refractivity contribution in [3.05, 3.63) is 44.6 Å². The van der Waals surface area contributed by atoms with Crippen LogP contribution in [0.1, 0.15) is 16.8 Å². The highest BCUT2D eigenvalue weighted by Gasteiger charge is 2.24. The number of ketones is 1. The Kier molecular flexibility index (Phi) is 8.20. The summed E-state index contributed by atoms with van der Waals surface area (Å²) in [6.45, 7) is 3.67. The quantitative estimate of drug-likeness (QED) is 0.157. The van der Waals surface area contributed by atoms with Gasteiger partial charge in [-0.3, -0.25) is 18.7 Å². The van der Waals surface area contributed by atoms with Crippen LogP contribution in [0.15, 0.2) is 27.8 Å². The van der Waals surface area contributed by atoms with E-state index >= 15 is 0 Å². The normalized spacial score (nSPS) is 13.7. The fraction of sp³-hybridized carbons (Fsp3) is 0.455. The van der Waals surface area contributed by atoms with Gasteiger partial charge < -0.3 is 42.1 Å². The molecule has 0 amide bonds. The zero-order valence-electron chi connectivity index (χ0n) is 19.6. The number of carbonyl (C=O) groups excluding carboxylic acids is 1. The highest BCUT2D eigenvalue weighted by atomic mass is 35.5. The highest BCUT2D eigenvalue weighted by molar-refractivity contribution is 5.97. The summed E-state index contributed by atoms with van der Waals surface area (Å²) in [7, 11) is 3.06. The molecule has 1 aliphatic heterocycles. The molecule has 1 aromatic carbocycles. The zero-order valence-corrected chi connectivity index (χ0v) is 20.4. The molecule has 190 valence electrons. The van der Waals surface area contributed by atoms with Gasteiger partial charge in [0.15, 0.2) is 22.7 Å². The third-order valence-corrected chi connectivity index (χ3v) is 6.04. The Morgan fingerprint density at radius 1 is 1.11 bits per heavy atom. The maximum atomic E-state index is 13.0. The number of morpholine rings is 1. The lowest BCUT2D eigenvalue weighted by Crippen LogP contribution is -3.00. The van der Waals surface area contributed by atoms with Crippen molar-refractivity contribution in [3.8, 4) is 11.5 Å². The summed E-state index contributed by atoms with van der Waals surface area (Å²) in [5.74, 6) is -0.134. The molecule has 0 spiro atoms. The highest BCUT2D eigenvalue weighted by Crippen LogP contribution is 2.25. The second-order valence-corrected chi connectivity index (χ2v) is 8.30. The second kappa shape index (κ2) is 10.9. The van der Waals surface area contributed by atoms with Crippen molar-refractivity contribution in [1.82, 2.24) is 18.7 Å². The lowest BCUT2D eigenvalue weighted by molar-refractivity contribution is -0.643. The molecule has 1 fully saturated rings. The van der Waals surface area contributed by atoms with Crippen molar-refractivity contribution in [2.75, 3.05) is 44.3 Å². The number of aryl methyl sites for hydroxylation is 2. The number of imidazole rings is 1. The Labute approximate surface area is 206 Å². The van der Waals surface area contributed by atoms with Crippen LogP contribution in [0.4, 0.5) is 5.95 Å². The summed E-state index contributed by atoms with van der Waals surface area (Å²) < 4.78 is 9.77. The number of Topliss-reactive ketones (excluding diaryl/α,β-unsaturated/α-hetero) is 1. The fourth-order valence-electron chi connectivity index (χ4n) is 4.09. The molecule has 13 heteroatoms. The number of anilines is 1. The average molecular weight is 509 g/mol. The number of phenols is 2. The first-order valence-electron chi connectivity index (χ1n) is 11.2. The van der Waals surface area contributed by atoms with Crippen LogP contribution in [-0.2, 0) is 25.4 Å². The predicted octanol–water partition coefficient (Wildman–Crippen LogP) is -4.48. The van der Waals surface area contributed by atoms with E-state index in [4.69, 9.17) is 4.74 Å². The SMILES string of the molecule is Cn1c(=O)c2c(nc(N3CCOCC3)n2CCC[NH2+]CC(=O)c2ccc(O)c(O)c2)n(C)c1=O.[Cl-]. The Bertz CT molecular complexity index is 1340. The number of ether oxygens (including phenoxy) is 1. The minimum Gasteiger partial charge on any atom is -1.00 e. The van der Waals surface area contributed by atoms with Gasteiger partial charge in [-0.25, -0.2) is 4.79 Å². The molecule has 4 rings (SSSR count). The van der Waals surface area contributed by atoms with Gasteiger partial charge in [-0.2, -0.15) is 4.98 Å². The number of nitrogens with two attached hydrogens (primary N) is 1. The number of halogens is 1. The van der Waals surface area contributed by atoms with Crippen molar-refractivity contribution in [2.45, 2.75) is 13.0 Å². The van der Waals surface area contributed by atoms with E-state index in [-0.39, 0.29) is 36.2 Å². The summed E-state index contributed by atoms with van der Waals surface area (Å²) in [6, 6.07) is 4.00. The molecule has 1 saturated heterocycles. The number of phenolic OH excluding ortho intramolecular Hbond substituents is 2. The number of nitrogens with zero attached hydrogens (tertiary/aromatic N) is 5. The van der Waals surface area contributed by atoms with Gasteiger partial charge in [0, 0.05) is 45.7 Å². The smallest absolute Gasteiger partial charge is 0.332 e. The van der Waals surface area contributed by atoms with Gasteiger partial charge in [0.2, 0.25) is 11.7 Å². The van der Waals surface area contributed by atoms with E-state index in [1.54, 1.807) is 7.05 Å². The number of rotatable bonds is 8. The molecule has 0 radical (unpaired) electrons. The van der Waals surface area contributed by atoms with Crippen LogP contribution in [-0.4, -0.2) is 74.1 Å². The summed E-state index contributed by atoms with van der Waals surface area (Å²) in [5, 5.41) is 20.8. The molecule has 35 heavy (non-hydrogen) atoms. The van der Waals surface area contributed by atoms with Crippen LogP contribution in [0.2, 0.25) is 0 Å². The Balaban J connectivity index is 0.00000342. The van der Waals surface area contributed by atoms with Crippen LogP contribution in [0.25, 0.3) is 11.2 Å². The van der Waals surface area contributed by atoms with Crippen molar-refractivity contribution in [2.24, 2.45) is 14.1 Å². The molecule has 0 aliphatic carbocycles. The molecule has 4 N–H and O–H groups in total. The lowest BCUT2D eigenvalue weighted by Gasteiger charge is -2.28. The molecule has 3 heterocycles. The predicted molar refractivity (Wildman–Crippen MR) is 124 cm³/mol. The number of carbonyl (C=O) groups is 1. The maximum Gasteiger partial charge on any atom is 0.332 e. The van der Waals surface area contributed by atoms with Crippen molar-refractivity contribution in [1.29, 1.82) is 0 Å². The number of aromatic nitrogens is 4. The van der Waals surface area contributed by atoms with Crippen LogP contribution < -0.4 is 33.9 Å². The third kappa shape index (κ3) is 5.19. The van der Waals surface area contributed by atoms with E-state index < -0.39 is 11.2 Å². The van der Waals surface area contributed by atoms with Gasteiger partial charge >= 0.3 is 5.69 Å². The van der Waals surface area contributed by atoms with Gasteiger partial charge in [-0.05, 0) is 18.2 Å².